The number of likely N-dealkylation sites (tertiary alicyclic amines) is 1. The number of nitrogens with zero attached hydrogens (tertiary/aromatic N) is 1. The lowest BCUT2D eigenvalue weighted by molar-refractivity contribution is -0.188. The first-order chi connectivity index (χ1) is 7.32. The lowest BCUT2D eigenvalue weighted by Gasteiger charge is -2.36. The second-order valence-electron chi connectivity index (χ2n) is 5.55. The highest BCUT2D eigenvalue weighted by molar-refractivity contribution is 4.99. The quantitative estimate of drug-likeness (QED) is 0.622. The van der Waals surface area contributed by atoms with Crippen molar-refractivity contribution >= 4 is 0 Å². The molecular formula is C12H20F3N. The van der Waals surface area contributed by atoms with Crippen LogP contribution >= 0.6 is 0 Å². The lowest BCUT2D eigenvalue weighted by atomic mass is 9.74. The van der Waals surface area contributed by atoms with Gasteiger partial charge in [0.05, 0.1) is 5.92 Å². The van der Waals surface area contributed by atoms with Crippen LogP contribution in [0, 0.1) is 17.8 Å². The summed E-state index contributed by atoms with van der Waals surface area (Å²) < 4.78 is 38.1. The van der Waals surface area contributed by atoms with Crippen molar-refractivity contribution in [3.05, 3.63) is 0 Å². The van der Waals surface area contributed by atoms with Gasteiger partial charge in [0.1, 0.15) is 0 Å². The van der Waals surface area contributed by atoms with Crippen molar-refractivity contribution < 1.29 is 13.2 Å². The maximum Gasteiger partial charge on any atom is 0.391 e. The molecule has 1 saturated carbocycles. The van der Waals surface area contributed by atoms with E-state index in [0.717, 1.165) is 0 Å². The molecule has 94 valence electrons. The van der Waals surface area contributed by atoms with Gasteiger partial charge in [-0.25, -0.2) is 0 Å². The van der Waals surface area contributed by atoms with Crippen LogP contribution in [0.3, 0.4) is 0 Å². The Morgan fingerprint density at radius 1 is 1.12 bits per heavy atom. The van der Waals surface area contributed by atoms with Gasteiger partial charge in [0.15, 0.2) is 0 Å². The molecule has 5 atom stereocenters. The van der Waals surface area contributed by atoms with Crippen molar-refractivity contribution in [3.63, 3.8) is 0 Å². The van der Waals surface area contributed by atoms with Gasteiger partial charge < -0.3 is 4.90 Å². The highest BCUT2D eigenvalue weighted by atomic mass is 19.4. The largest absolute Gasteiger partial charge is 0.391 e. The first kappa shape index (κ1) is 12.2. The van der Waals surface area contributed by atoms with Gasteiger partial charge in [0, 0.05) is 12.1 Å². The van der Waals surface area contributed by atoms with Gasteiger partial charge in [-0.2, -0.15) is 13.2 Å². The molecule has 1 aliphatic heterocycles. The van der Waals surface area contributed by atoms with E-state index in [1.807, 2.05) is 0 Å². The van der Waals surface area contributed by atoms with E-state index >= 15 is 0 Å². The van der Waals surface area contributed by atoms with Gasteiger partial charge in [-0.1, -0.05) is 6.92 Å². The normalized spacial score (nSPS) is 45.8. The van der Waals surface area contributed by atoms with E-state index in [9.17, 15) is 13.2 Å². The van der Waals surface area contributed by atoms with Crippen LogP contribution in [-0.4, -0.2) is 30.2 Å². The summed E-state index contributed by atoms with van der Waals surface area (Å²) in [6.45, 7) is 4.23. The van der Waals surface area contributed by atoms with Crippen molar-refractivity contribution in [2.45, 2.75) is 51.4 Å². The van der Waals surface area contributed by atoms with Crippen molar-refractivity contribution in [3.8, 4) is 0 Å². The van der Waals surface area contributed by atoms with Crippen molar-refractivity contribution in [2.75, 3.05) is 7.05 Å². The molecule has 1 aliphatic carbocycles. The number of hydrogen-bond donors (Lipinski definition) is 0. The second kappa shape index (κ2) is 3.90. The zero-order valence-electron chi connectivity index (χ0n) is 10.1. The van der Waals surface area contributed by atoms with Gasteiger partial charge in [-0.3, -0.25) is 0 Å². The van der Waals surface area contributed by atoms with E-state index in [0.29, 0.717) is 37.3 Å². The molecule has 1 heterocycles. The molecule has 0 radical (unpaired) electrons. The molecule has 4 heteroatoms. The number of alkyl halides is 3. The van der Waals surface area contributed by atoms with Crippen molar-refractivity contribution in [1.82, 2.24) is 4.90 Å². The molecule has 0 aromatic carbocycles. The van der Waals surface area contributed by atoms with Gasteiger partial charge in [0.2, 0.25) is 0 Å². The average molecular weight is 235 g/mol. The Labute approximate surface area is 95.0 Å². The molecule has 0 bridgehead atoms. The maximum atomic E-state index is 12.7. The van der Waals surface area contributed by atoms with Crippen molar-refractivity contribution in [2.24, 2.45) is 17.8 Å². The second-order valence-corrected chi connectivity index (χ2v) is 5.55. The van der Waals surface area contributed by atoms with Crippen LogP contribution in [0.4, 0.5) is 13.2 Å². The summed E-state index contributed by atoms with van der Waals surface area (Å²) in [5, 5.41) is 0. The topological polar surface area (TPSA) is 3.24 Å². The van der Waals surface area contributed by atoms with E-state index in [4.69, 9.17) is 0 Å². The third-order valence-corrected chi connectivity index (χ3v) is 4.93. The number of fused-ring (bicyclic) bond motifs is 1. The molecule has 0 aromatic heterocycles. The smallest absolute Gasteiger partial charge is 0.300 e. The Morgan fingerprint density at radius 3 is 2.31 bits per heavy atom. The molecule has 0 spiro atoms. The Hall–Kier alpha value is -0.250. The Morgan fingerprint density at radius 2 is 1.75 bits per heavy atom. The minimum atomic E-state index is -3.99. The first-order valence-corrected chi connectivity index (χ1v) is 6.11. The first-order valence-electron chi connectivity index (χ1n) is 6.11. The predicted molar refractivity (Wildman–Crippen MR) is 57.1 cm³/mol. The van der Waals surface area contributed by atoms with Gasteiger partial charge in [-0.05, 0) is 45.1 Å². The number of hydrogen-bond acceptors (Lipinski definition) is 1. The number of rotatable bonds is 0. The maximum absolute atomic E-state index is 12.7. The zero-order valence-corrected chi connectivity index (χ0v) is 10.1. The summed E-state index contributed by atoms with van der Waals surface area (Å²) in [7, 11) is 2.06. The molecule has 1 nitrogen and oxygen atoms in total. The Bertz CT molecular complexity index is 263. The SMILES string of the molecule is CC1C2CC(C(F)(F)F)CCC2N(C)C1C. The summed E-state index contributed by atoms with van der Waals surface area (Å²) >= 11 is 0. The van der Waals surface area contributed by atoms with Crippen LogP contribution in [-0.2, 0) is 0 Å². The minimum Gasteiger partial charge on any atom is -0.300 e. The molecular weight excluding hydrogens is 215 g/mol. The van der Waals surface area contributed by atoms with Crippen LogP contribution in [0.15, 0.2) is 0 Å². The molecule has 1 saturated heterocycles. The standard InChI is InChI=1S/C12H20F3N/c1-7-8(2)16(3)11-5-4-9(6-10(7)11)12(13,14)15/h7-11H,4-6H2,1-3H3. The molecule has 2 aliphatic rings. The number of halogens is 3. The highest BCUT2D eigenvalue weighted by Gasteiger charge is 2.51. The van der Waals surface area contributed by atoms with Crippen LogP contribution in [0.1, 0.15) is 33.1 Å². The summed E-state index contributed by atoms with van der Waals surface area (Å²) in [5.41, 5.74) is 0. The fraction of sp³-hybridized carbons (Fsp3) is 1.00. The van der Waals surface area contributed by atoms with Crippen LogP contribution in [0.5, 0.6) is 0 Å². The molecule has 5 unspecified atom stereocenters. The summed E-state index contributed by atoms with van der Waals surface area (Å²) in [4.78, 5) is 2.28. The Kier molecular flexibility index (Phi) is 2.97. The minimum absolute atomic E-state index is 0.236. The van der Waals surface area contributed by atoms with E-state index in [1.54, 1.807) is 0 Å². The fourth-order valence-electron chi connectivity index (χ4n) is 3.59. The van der Waals surface area contributed by atoms with Gasteiger partial charge >= 0.3 is 6.18 Å². The van der Waals surface area contributed by atoms with E-state index in [1.165, 1.54) is 0 Å². The summed E-state index contributed by atoms with van der Waals surface area (Å²) in [6.07, 6.45) is -2.63. The van der Waals surface area contributed by atoms with Crippen LogP contribution in [0.25, 0.3) is 0 Å². The summed E-state index contributed by atoms with van der Waals surface area (Å²) in [5.74, 6) is -0.435. The molecule has 0 N–H and O–H groups in total. The average Bonchev–Trinajstić information content (AvgIpc) is 2.43. The third kappa shape index (κ3) is 1.85. The zero-order chi connectivity index (χ0) is 12.1. The molecule has 2 rings (SSSR count). The van der Waals surface area contributed by atoms with Gasteiger partial charge in [0.25, 0.3) is 0 Å². The monoisotopic (exact) mass is 235 g/mol. The van der Waals surface area contributed by atoms with E-state index < -0.39 is 12.1 Å². The summed E-state index contributed by atoms with van der Waals surface area (Å²) in [6, 6.07) is 0.797. The van der Waals surface area contributed by atoms with E-state index in [2.05, 4.69) is 25.8 Å². The fourth-order valence-corrected chi connectivity index (χ4v) is 3.59. The third-order valence-electron chi connectivity index (χ3n) is 4.93. The Balaban J connectivity index is 2.10. The predicted octanol–water partition coefficient (Wildman–Crippen LogP) is 3.30. The molecule has 0 aromatic rings. The van der Waals surface area contributed by atoms with Gasteiger partial charge in [-0.15, -0.1) is 0 Å². The van der Waals surface area contributed by atoms with Crippen molar-refractivity contribution in [1.29, 1.82) is 0 Å². The lowest BCUT2D eigenvalue weighted by Crippen LogP contribution is -2.39. The highest BCUT2D eigenvalue weighted by Crippen LogP contribution is 2.48. The van der Waals surface area contributed by atoms with E-state index in [-0.39, 0.29) is 5.92 Å². The van der Waals surface area contributed by atoms with Crippen LogP contribution in [0.2, 0.25) is 0 Å². The molecule has 2 fully saturated rings. The molecule has 16 heavy (non-hydrogen) atoms. The van der Waals surface area contributed by atoms with Crippen LogP contribution < -0.4 is 0 Å². The molecule has 0 amide bonds.